The van der Waals surface area contributed by atoms with Crippen LogP contribution in [-0.2, 0) is 11.3 Å². The molecule has 0 spiro atoms. The second-order valence-corrected chi connectivity index (χ2v) is 7.01. The van der Waals surface area contributed by atoms with E-state index >= 15 is 0 Å². The first kappa shape index (κ1) is 16.9. The summed E-state index contributed by atoms with van der Waals surface area (Å²) in [6, 6.07) is 5.65. The maximum atomic E-state index is 12.6. The van der Waals surface area contributed by atoms with Crippen LogP contribution in [0.2, 0.25) is 0 Å². The molecule has 3 rings (SSSR count). The standard InChI is InChI=1S/C18H26N2O4/c1-18(2)12-20(17(21)19-10-15-5-4-8-23-15)11-13-6-7-14(22-3)9-16(13)24-18/h6-7,9,15H,4-5,8,10-12H2,1-3H3,(H,19,21). The molecule has 2 aliphatic heterocycles. The number of benzene rings is 1. The molecule has 1 unspecified atom stereocenters. The van der Waals surface area contributed by atoms with Gasteiger partial charge in [-0.2, -0.15) is 0 Å². The van der Waals surface area contributed by atoms with Gasteiger partial charge in [0, 0.05) is 24.8 Å². The van der Waals surface area contributed by atoms with Crippen molar-refractivity contribution in [1.82, 2.24) is 10.2 Å². The van der Waals surface area contributed by atoms with Gasteiger partial charge in [-0.05, 0) is 38.8 Å². The molecule has 1 saturated heterocycles. The number of hydrogen-bond acceptors (Lipinski definition) is 4. The molecule has 132 valence electrons. The van der Waals surface area contributed by atoms with Gasteiger partial charge in [0.1, 0.15) is 17.1 Å². The highest BCUT2D eigenvalue weighted by Crippen LogP contribution is 2.32. The maximum Gasteiger partial charge on any atom is 0.317 e. The number of hydrogen-bond donors (Lipinski definition) is 1. The summed E-state index contributed by atoms with van der Waals surface area (Å²) in [4.78, 5) is 14.4. The Morgan fingerprint density at radius 1 is 1.46 bits per heavy atom. The van der Waals surface area contributed by atoms with Crippen molar-refractivity contribution in [1.29, 1.82) is 0 Å². The molecule has 1 fully saturated rings. The molecule has 0 radical (unpaired) electrons. The Bertz CT molecular complexity index is 597. The molecule has 2 heterocycles. The molecule has 0 aliphatic carbocycles. The van der Waals surface area contributed by atoms with Crippen LogP contribution in [0, 0.1) is 0 Å². The van der Waals surface area contributed by atoms with Crippen LogP contribution in [0.25, 0.3) is 0 Å². The van der Waals surface area contributed by atoms with E-state index in [0.29, 0.717) is 19.6 Å². The highest BCUT2D eigenvalue weighted by Gasteiger charge is 2.32. The molecule has 0 aromatic heterocycles. The Balaban J connectivity index is 1.71. The average Bonchev–Trinajstić information content (AvgIpc) is 3.01. The number of rotatable bonds is 3. The lowest BCUT2D eigenvalue weighted by Gasteiger charge is -2.29. The first-order chi connectivity index (χ1) is 11.5. The predicted octanol–water partition coefficient (Wildman–Crippen LogP) is 2.56. The van der Waals surface area contributed by atoms with Crippen LogP contribution in [0.15, 0.2) is 18.2 Å². The number of carbonyl (C=O) groups excluding carboxylic acids is 1. The molecule has 2 aliphatic rings. The molecule has 1 aromatic rings. The van der Waals surface area contributed by atoms with Crippen LogP contribution < -0.4 is 14.8 Å². The number of nitrogens with one attached hydrogen (secondary N) is 1. The highest BCUT2D eigenvalue weighted by molar-refractivity contribution is 5.74. The molecular formula is C18H26N2O4. The van der Waals surface area contributed by atoms with Crippen molar-refractivity contribution in [2.75, 3.05) is 26.8 Å². The molecule has 6 nitrogen and oxygen atoms in total. The lowest BCUT2D eigenvalue weighted by molar-refractivity contribution is 0.0775. The van der Waals surface area contributed by atoms with Gasteiger partial charge >= 0.3 is 6.03 Å². The van der Waals surface area contributed by atoms with E-state index < -0.39 is 5.60 Å². The van der Waals surface area contributed by atoms with Crippen LogP contribution in [0.4, 0.5) is 4.79 Å². The Kier molecular flexibility index (Phi) is 4.85. The summed E-state index contributed by atoms with van der Waals surface area (Å²) in [7, 11) is 1.63. The second-order valence-electron chi connectivity index (χ2n) is 7.01. The minimum absolute atomic E-state index is 0.0779. The molecule has 6 heteroatoms. The number of amides is 2. The van der Waals surface area contributed by atoms with E-state index in [2.05, 4.69) is 5.32 Å². The molecule has 24 heavy (non-hydrogen) atoms. The van der Waals surface area contributed by atoms with Crippen LogP contribution in [-0.4, -0.2) is 49.4 Å². The van der Waals surface area contributed by atoms with Gasteiger partial charge < -0.3 is 24.4 Å². The summed E-state index contributed by atoms with van der Waals surface area (Å²) in [6.07, 6.45) is 2.22. The number of fused-ring (bicyclic) bond motifs is 1. The van der Waals surface area contributed by atoms with Crippen LogP contribution in [0.3, 0.4) is 0 Å². The van der Waals surface area contributed by atoms with Crippen LogP contribution in [0.5, 0.6) is 11.5 Å². The Labute approximate surface area is 143 Å². The third-order valence-electron chi connectivity index (χ3n) is 4.39. The van der Waals surface area contributed by atoms with Gasteiger partial charge in [0.2, 0.25) is 0 Å². The van der Waals surface area contributed by atoms with Crippen molar-refractivity contribution >= 4 is 6.03 Å². The molecule has 1 atom stereocenters. The molecule has 1 aromatic carbocycles. The molecule has 0 saturated carbocycles. The fraction of sp³-hybridized carbons (Fsp3) is 0.611. The van der Waals surface area contributed by atoms with Gasteiger partial charge in [-0.15, -0.1) is 0 Å². The van der Waals surface area contributed by atoms with E-state index in [9.17, 15) is 4.79 Å². The molecular weight excluding hydrogens is 308 g/mol. The van der Waals surface area contributed by atoms with Gasteiger partial charge in [0.25, 0.3) is 0 Å². The molecule has 0 bridgehead atoms. The van der Waals surface area contributed by atoms with E-state index in [1.165, 1.54) is 0 Å². The van der Waals surface area contributed by atoms with Crippen molar-refractivity contribution in [2.24, 2.45) is 0 Å². The van der Waals surface area contributed by atoms with Crippen molar-refractivity contribution in [3.63, 3.8) is 0 Å². The monoisotopic (exact) mass is 334 g/mol. The smallest absolute Gasteiger partial charge is 0.317 e. The van der Waals surface area contributed by atoms with E-state index in [4.69, 9.17) is 14.2 Å². The summed E-state index contributed by atoms with van der Waals surface area (Å²) in [5.41, 5.74) is 0.507. The summed E-state index contributed by atoms with van der Waals surface area (Å²) in [5.74, 6) is 1.52. The average molecular weight is 334 g/mol. The summed E-state index contributed by atoms with van der Waals surface area (Å²) >= 11 is 0. The first-order valence-corrected chi connectivity index (χ1v) is 8.47. The zero-order chi connectivity index (χ0) is 17.2. The lowest BCUT2D eigenvalue weighted by atomic mass is 10.1. The van der Waals surface area contributed by atoms with Crippen molar-refractivity contribution in [3.05, 3.63) is 23.8 Å². The number of methoxy groups -OCH3 is 1. The van der Waals surface area contributed by atoms with E-state index in [-0.39, 0.29) is 12.1 Å². The van der Waals surface area contributed by atoms with Gasteiger partial charge in [0.05, 0.1) is 26.3 Å². The van der Waals surface area contributed by atoms with Gasteiger partial charge in [0.15, 0.2) is 0 Å². The first-order valence-electron chi connectivity index (χ1n) is 8.47. The highest BCUT2D eigenvalue weighted by atomic mass is 16.5. The second kappa shape index (κ2) is 6.89. The minimum Gasteiger partial charge on any atom is -0.497 e. The van der Waals surface area contributed by atoms with Crippen LogP contribution in [0.1, 0.15) is 32.3 Å². The SMILES string of the molecule is COc1ccc2c(c1)OC(C)(C)CN(C(=O)NCC1CCCO1)C2. The van der Waals surface area contributed by atoms with E-state index in [1.54, 1.807) is 12.0 Å². The normalized spacial score (nSPS) is 22.3. The van der Waals surface area contributed by atoms with Crippen molar-refractivity contribution in [2.45, 2.75) is 44.9 Å². The van der Waals surface area contributed by atoms with Crippen molar-refractivity contribution in [3.8, 4) is 11.5 Å². The molecule has 1 N–H and O–H groups in total. The Morgan fingerprint density at radius 3 is 3.00 bits per heavy atom. The fourth-order valence-electron chi connectivity index (χ4n) is 3.20. The van der Waals surface area contributed by atoms with E-state index in [1.807, 2.05) is 32.0 Å². The minimum atomic E-state index is -0.473. The topological polar surface area (TPSA) is 60.0 Å². The summed E-state index contributed by atoms with van der Waals surface area (Å²) < 4.78 is 17.0. The number of carbonyl (C=O) groups is 1. The third kappa shape index (κ3) is 3.93. The third-order valence-corrected chi connectivity index (χ3v) is 4.39. The maximum absolute atomic E-state index is 12.6. The Hall–Kier alpha value is -1.95. The Morgan fingerprint density at radius 2 is 2.29 bits per heavy atom. The molecule has 2 amide bonds. The van der Waals surface area contributed by atoms with Gasteiger partial charge in [-0.1, -0.05) is 0 Å². The number of nitrogens with zero attached hydrogens (tertiary/aromatic N) is 1. The van der Waals surface area contributed by atoms with Crippen LogP contribution >= 0.6 is 0 Å². The van der Waals surface area contributed by atoms with Gasteiger partial charge in [-0.3, -0.25) is 0 Å². The summed E-state index contributed by atoms with van der Waals surface area (Å²) in [6.45, 7) is 6.36. The fourth-order valence-corrected chi connectivity index (χ4v) is 3.20. The zero-order valence-electron chi connectivity index (χ0n) is 14.6. The largest absolute Gasteiger partial charge is 0.497 e. The quantitative estimate of drug-likeness (QED) is 0.923. The summed E-state index contributed by atoms with van der Waals surface area (Å²) in [5, 5.41) is 2.99. The van der Waals surface area contributed by atoms with E-state index in [0.717, 1.165) is 36.5 Å². The number of ether oxygens (including phenoxy) is 3. The van der Waals surface area contributed by atoms with Crippen molar-refractivity contribution < 1.29 is 19.0 Å². The van der Waals surface area contributed by atoms with Gasteiger partial charge in [-0.25, -0.2) is 4.79 Å². The lowest BCUT2D eigenvalue weighted by Crippen LogP contribution is -2.48. The predicted molar refractivity (Wildman–Crippen MR) is 90.5 cm³/mol. The zero-order valence-corrected chi connectivity index (χ0v) is 14.6. The number of urea groups is 1.